The van der Waals surface area contributed by atoms with E-state index in [2.05, 4.69) is 10.3 Å². The maximum Gasteiger partial charge on any atom is 0.0766 e. The minimum atomic E-state index is -0.635. The molecule has 0 aromatic carbocycles. The van der Waals surface area contributed by atoms with Gasteiger partial charge < -0.3 is 10.4 Å². The van der Waals surface area contributed by atoms with Crippen LogP contribution in [0.1, 0.15) is 26.5 Å². The van der Waals surface area contributed by atoms with Crippen molar-refractivity contribution in [3.8, 4) is 0 Å². The monoisotopic (exact) mass is 222 g/mol. The highest BCUT2D eigenvalue weighted by molar-refractivity contribution is 5.03. The van der Waals surface area contributed by atoms with Crippen LogP contribution >= 0.6 is 0 Å². The van der Waals surface area contributed by atoms with Gasteiger partial charge in [0.15, 0.2) is 0 Å². The van der Waals surface area contributed by atoms with E-state index in [0.717, 1.165) is 18.7 Å². The molecular formula is C13H22N2O. The molecule has 16 heavy (non-hydrogen) atoms. The van der Waals surface area contributed by atoms with Gasteiger partial charge in [-0.3, -0.25) is 4.98 Å². The molecular weight excluding hydrogens is 200 g/mol. The molecule has 1 aromatic rings. The van der Waals surface area contributed by atoms with Crippen LogP contribution in [-0.4, -0.2) is 28.8 Å². The number of hydrogen-bond donors (Lipinski definition) is 2. The first-order valence-electron chi connectivity index (χ1n) is 5.85. The molecule has 0 fully saturated rings. The lowest BCUT2D eigenvalue weighted by Crippen LogP contribution is -2.42. The summed E-state index contributed by atoms with van der Waals surface area (Å²) in [5.41, 5.74) is 0.448. The Morgan fingerprint density at radius 3 is 2.75 bits per heavy atom. The second-order valence-corrected chi connectivity index (χ2v) is 4.76. The van der Waals surface area contributed by atoms with Crippen molar-refractivity contribution in [2.45, 2.75) is 32.8 Å². The maximum absolute atomic E-state index is 10.0. The SMILES string of the molecule is CC(C)C(C)(O)CNCCc1ccccn1. The van der Waals surface area contributed by atoms with E-state index in [0.29, 0.717) is 6.54 Å². The fourth-order valence-electron chi connectivity index (χ4n) is 1.31. The van der Waals surface area contributed by atoms with Crippen LogP contribution in [0.5, 0.6) is 0 Å². The molecule has 0 amide bonds. The van der Waals surface area contributed by atoms with Crippen molar-refractivity contribution in [2.24, 2.45) is 5.92 Å². The minimum absolute atomic E-state index is 0.259. The van der Waals surface area contributed by atoms with E-state index < -0.39 is 5.60 Å². The number of nitrogens with zero attached hydrogens (tertiary/aromatic N) is 1. The second kappa shape index (κ2) is 5.97. The Kier molecular flexibility index (Phi) is 4.90. The minimum Gasteiger partial charge on any atom is -0.389 e. The second-order valence-electron chi connectivity index (χ2n) is 4.76. The number of aliphatic hydroxyl groups is 1. The van der Waals surface area contributed by atoms with Crippen LogP contribution in [0.2, 0.25) is 0 Å². The summed E-state index contributed by atoms with van der Waals surface area (Å²) in [7, 11) is 0. The summed E-state index contributed by atoms with van der Waals surface area (Å²) in [5.74, 6) is 0.259. The fourth-order valence-corrected chi connectivity index (χ4v) is 1.31. The van der Waals surface area contributed by atoms with Crippen LogP contribution in [0.25, 0.3) is 0 Å². The highest BCUT2D eigenvalue weighted by Gasteiger charge is 2.23. The highest BCUT2D eigenvalue weighted by atomic mass is 16.3. The molecule has 0 bridgehead atoms. The van der Waals surface area contributed by atoms with Gasteiger partial charge in [-0.05, 0) is 25.0 Å². The molecule has 3 nitrogen and oxygen atoms in total. The largest absolute Gasteiger partial charge is 0.389 e. The van der Waals surface area contributed by atoms with E-state index in [1.54, 1.807) is 6.20 Å². The van der Waals surface area contributed by atoms with Gasteiger partial charge in [-0.25, -0.2) is 0 Å². The lowest BCUT2D eigenvalue weighted by molar-refractivity contribution is 0.0145. The van der Waals surface area contributed by atoms with Gasteiger partial charge in [0.2, 0.25) is 0 Å². The van der Waals surface area contributed by atoms with Crippen LogP contribution in [0.15, 0.2) is 24.4 Å². The van der Waals surface area contributed by atoms with Crippen LogP contribution in [0, 0.1) is 5.92 Å². The lowest BCUT2D eigenvalue weighted by Gasteiger charge is -2.27. The van der Waals surface area contributed by atoms with Crippen LogP contribution in [-0.2, 0) is 6.42 Å². The quantitative estimate of drug-likeness (QED) is 0.719. The van der Waals surface area contributed by atoms with E-state index in [-0.39, 0.29) is 5.92 Å². The fraction of sp³-hybridized carbons (Fsp3) is 0.615. The molecule has 1 unspecified atom stereocenters. The summed E-state index contributed by atoms with van der Waals surface area (Å²) in [6.45, 7) is 7.39. The van der Waals surface area contributed by atoms with Crippen LogP contribution in [0.4, 0.5) is 0 Å². The predicted octanol–water partition coefficient (Wildman–Crippen LogP) is 1.62. The Bertz CT molecular complexity index is 296. The topological polar surface area (TPSA) is 45.1 Å². The van der Waals surface area contributed by atoms with Crippen molar-refractivity contribution in [1.82, 2.24) is 10.3 Å². The van der Waals surface area contributed by atoms with Gasteiger partial charge in [0, 0.05) is 31.4 Å². The molecule has 1 rings (SSSR count). The predicted molar refractivity (Wildman–Crippen MR) is 66.3 cm³/mol. The molecule has 2 N–H and O–H groups in total. The highest BCUT2D eigenvalue weighted by Crippen LogP contribution is 2.14. The zero-order valence-electron chi connectivity index (χ0n) is 10.4. The van der Waals surface area contributed by atoms with Gasteiger partial charge in [0.05, 0.1) is 5.60 Å². The molecule has 1 aromatic heterocycles. The zero-order valence-corrected chi connectivity index (χ0v) is 10.4. The normalized spacial score (nSPS) is 15.1. The van der Waals surface area contributed by atoms with Crippen LogP contribution in [0.3, 0.4) is 0 Å². The molecule has 0 aliphatic carbocycles. The molecule has 3 heteroatoms. The van der Waals surface area contributed by atoms with Crippen molar-refractivity contribution < 1.29 is 5.11 Å². The van der Waals surface area contributed by atoms with E-state index in [1.807, 2.05) is 39.0 Å². The summed E-state index contributed by atoms with van der Waals surface area (Å²) >= 11 is 0. The van der Waals surface area contributed by atoms with Crippen molar-refractivity contribution in [3.63, 3.8) is 0 Å². The average Bonchev–Trinajstić information content (AvgIpc) is 2.26. The molecule has 0 radical (unpaired) electrons. The number of hydrogen-bond acceptors (Lipinski definition) is 3. The molecule has 0 spiro atoms. The van der Waals surface area contributed by atoms with Gasteiger partial charge in [0.1, 0.15) is 0 Å². The summed E-state index contributed by atoms with van der Waals surface area (Å²) < 4.78 is 0. The van der Waals surface area contributed by atoms with Crippen molar-refractivity contribution in [3.05, 3.63) is 30.1 Å². The summed E-state index contributed by atoms with van der Waals surface area (Å²) in [4.78, 5) is 4.25. The Balaban J connectivity index is 2.22. The standard InChI is InChI=1S/C13H22N2O/c1-11(2)13(3,16)10-14-9-7-12-6-4-5-8-15-12/h4-6,8,11,14,16H,7,9-10H2,1-3H3. The molecule has 1 atom stereocenters. The lowest BCUT2D eigenvalue weighted by atomic mass is 9.92. The molecule has 0 saturated heterocycles. The third-order valence-electron chi connectivity index (χ3n) is 3.01. The molecule has 0 saturated carbocycles. The Morgan fingerprint density at radius 2 is 2.19 bits per heavy atom. The first-order chi connectivity index (χ1) is 7.52. The molecule has 0 aliphatic rings. The van der Waals surface area contributed by atoms with Crippen LogP contribution < -0.4 is 5.32 Å². The van der Waals surface area contributed by atoms with Gasteiger partial charge in [-0.15, -0.1) is 0 Å². The van der Waals surface area contributed by atoms with Crippen molar-refractivity contribution >= 4 is 0 Å². The Labute approximate surface area is 97.9 Å². The summed E-state index contributed by atoms with van der Waals surface area (Å²) in [6, 6.07) is 5.93. The van der Waals surface area contributed by atoms with Gasteiger partial charge in [-0.1, -0.05) is 19.9 Å². The van der Waals surface area contributed by atoms with Gasteiger partial charge >= 0.3 is 0 Å². The van der Waals surface area contributed by atoms with E-state index in [9.17, 15) is 5.11 Å². The third-order valence-corrected chi connectivity index (χ3v) is 3.01. The molecule has 1 heterocycles. The summed E-state index contributed by atoms with van der Waals surface area (Å²) in [5, 5.41) is 13.3. The van der Waals surface area contributed by atoms with Crippen molar-refractivity contribution in [1.29, 1.82) is 0 Å². The average molecular weight is 222 g/mol. The number of aromatic nitrogens is 1. The van der Waals surface area contributed by atoms with Gasteiger partial charge in [0.25, 0.3) is 0 Å². The number of nitrogens with one attached hydrogen (secondary N) is 1. The van der Waals surface area contributed by atoms with E-state index in [4.69, 9.17) is 0 Å². The van der Waals surface area contributed by atoms with Crippen molar-refractivity contribution in [2.75, 3.05) is 13.1 Å². The first-order valence-corrected chi connectivity index (χ1v) is 5.85. The maximum atomic E-state index is 10.0. The zero-order chi connectivity index (χ0) is 12.0. The van der Waals surface area contributed by atoms with E-state index in [1.165, 1.54) is 0 Å². The first kappa shape index (κ1) is 13.1. The smallest absolute Gasteiger partial charge is 0.0766 e. The van der Waals surface area contributed by atoms with E-state index >= 15 is 0 Å². The molecule has 90 valence electrons. The Morgan fingerprint density at radius 1 is 1.44 bits per heavy atom. The third kappa shape index (κ3) is 4.29. The Hall–Kier alpha value is -0.930. The number of pyridine rings is 1. The van der Waals surface area contributed by atoms with Gasteiger partial charge in [-0.2, -0.15) is 0 Å². The summed E-state index contributed by atoms with van der Waals surface area (Å²) in [6.07, 6.45) is 2.70. The molecule has 0 aliphatic heterocycles. The number of rotatable bonds is 6.